The fourth-order valence-corrected chi connectivity index (χ4v) is 3.92. The summed E-state index contributed by atoms with van der Waals surface area (Å²) in [5.74, 6) is 0. The SMILES string of the molecule is Clc1cc(-c2ccccc2)nc2c1ccc1c(Cl)cc(-c3ccccc3)nc12. The zero-order valence-corrected chi connectivity index (χ0v) is 16.2. The lowest BCUT2D eigenvalue weighted by Gasteiger charge is -2.11. The van der Waals surface area contributed by atoms with E-state index < -0.39 is 0 Å². The minimum Gasteiger partial charge on any atom is -0.245 e. The highest BCUT2D eigenvalue weighted by Crippen LogP contribution is 2.35. The van der Waals surface area contributed by atoms with Gasteiger partial charge in [-0.1, -0.05) is 96.0 Å². The molecule has 0 saturated carbocycles. The van der Waals surface area contributed by atoms with Crippen LogP contribution in [0.5, 0.6) is 0 Å². The molecule has 0 fully saturated rings. The standard InChI is InChI=1S/C24H14Cl2N2/c25-19-13-21(15-7-3-1-4-8-15)27-23-17(19)11-12-18-20(26)14-22(28-24(18)23)16-9-5-2-6-10-16/h1-14H. The lowest BCUT2D eigenvalue weighted by Crippen LogP contribution is -1.92. The molecular formula is C24H14Cl2N2. The zero-order chi connectivity index (χ0) is 19.1. The molecule has 0 unspecified atom stereocenters. The average molecular weight is 401 g/mol. The van der Waals surface area contributed by atoms with Crippen LogP contribution in [0.2, 0.25) is 10.0 Å². The molecule has 5 rings (SSSR count). The molecule has 2 aromatic heterocycles. The third-order valence-corrected chi connectivity index (χ3v) is 5.42. The van der Waals surface area contributed by atoms with Crippen molar-refractivity contribution in [1.82, 2.24) is 9.97 Å². The maximum absolute atomic E-state index is 6.61. The van der Waals surface area contributed by atoms with Crippen molar-refractivity contribution in [2.45, 2.75) is 0 Å². The predicted molar refractivity (Wildman–Crippen MR) is 118 cm³/mol. The van der Waals surface area contributed by atoms with Gasteiger partial charge in [-0.25, -0.2) is 9.97 Å². The first-order chi connectivity index (χ1) is 13.7. The summed E-state index contributed by atoms with van der Waals surface area (Å²) in [4.78, 5) is 9.81. The van der Waals surface area contributed by atoms with Crippen LogP contribution in [0.15, 0.2) is 84.9 Å². The summed E-state index contributed by atoms with van der Waals surface area (Å²) in [5, 5.41) is 3.02. The number of pyridine rings is 2. The van der Waals surface area contributed by atoms with Crippen molar-refractivity contribution in [3.8, 4) is 22.5 Å². The van der Waals surface area contributed by atoms with Gasteiger partial charge in [-0.15, -0.1) is 0 Å². The van der Waals surface area contributed by atoms with Gasteiger partial charge in [0.25, 0.3) is 0 Å². The number of rotatable bonds is 2. The van der Waals surface area contributed by atoms with Crippen molar-refractivity contribution in [2.24, 2.45) is 0 Å². The molecule has 0 aliphatic heterocycles. The van der Waals surface area contributed by atoms with Crippen LogP contribution in [0.1, 0.15) is 0 Å². The maximum Gasteiger partial charge on any atom is 0.0987 e. The van der Waals surface area contributed by atoms with Gasteiger partial charge in [0.15, 0.2) is 0 Å². The van der Waals surface area contributed by atoms with Crippen LogP contribution < -0.4 is 0 Å². The van der Waals surface area contributed by atoms with Gasteiger partial charge in [0.2, 0.25) is 0 Å². The largest absolute Gasteiger partial charge is 0.245 e. The number of benzene rings is 3. The van der Waals surface area contributed by atoms with Gasteiger partial charge in [0, 0.05) is 21.9 Å². The number of fused-ring (bicyclic) bond motifs is 3. The molecule has 134 valence electrons. The van der Waals surface area contributed by atoms with Gasteiger partial charge in [-0.3, -0.25) is 0 Å². The molecule has 0 spiro atoms. The van der Waals surface area contributed by atoms with Gasteiger partial charge < -0.3 is 0 Å². The third-order valence-electron chi connectivity index (χ3n) is 4.80. The molecule has 0 aliphatic carbocycles. The minimum atomic E-state index is 0.647. The van der Waals surface area contributed by atoms with Crippen molar-refractivity contribution >= 4 is 45.0 Å². The first-order valence-electron chi connectivity index (χ1n) is 8.91. The number of hydrogen-bond acceptors (Lipinski definition) is 2. The molecule has 5 aromatic rings. The molecular weight excluding hydrogens is 387 g/mol. The topological polar surface area (TPSA) is 25.8 Å². The smallest absolute Gasteiger partial charge is 0.0987 e. The zero-order valence-electron chi connectivity index (χ0n) is 14.7. The second-order valence-electron chi connectivity index (χ2n) is 6.57. The van der Waals surface area contributed by atoms with Crippen molar-refractivity contribution in [1.29, 1.82) is 0 Å². The van der Waals surface area contributed by atoms with E-state index in [0.29, 0.717) is 10.0 Å². The van der Waals surface area contributed by atoms with E-state index in [-0.39, 0.29) is 0 Å². The second-order valence-corrected chi connectivity index (χ2v) is 7.38. The molecule has 0 amide bonds. The highest BCUT2D eigenvalue weighted by Gasteiger charge is 2.13. The summed E-state index contributed by atoms with van der Waals surface area (Å²) in [6.45, 7) is 0. The van der Waals surface area contributed by atoms with E-state index >= 15 is 0 Å². The molecule has 0 N–H and O–H groups in total. The Kier molecular flexibility index (Phi) is 4.23. The molecule has 28 heavy (non-hydrogen) atoms. The highest BCUT2D eigenvalue weighted by atomic mass is 35.5. The highest BCUT2D eigenvalue weighted by molar-refractivity contribution is 6.38. The van der Waals surface area contributed by atoms with E-state index in [9.17, 15) is 0 Å². The lowest BCUT2D eigenvalue weighted by atomic mass is 10.1. The summed E-state index contributed by atoms with van der Waals surface area (Å²) in [6, 6.07) is 27.7. The first-order valence-corrected chi connectivity index (χ1v) is 9.67. The molecule has 0 aliphatic rings. The number of hydrogen-bond donors (Lipinski definition) is 0. The van der Waals surface area contributed by atoms with Gasteiger partial charge in [-0.05, 0) is 12.1 Å². The average Bonchev–Trinajstić information content (AvgIpc) is 2.75. The van der Waals surface area contributed by atoms with Crippen LogP contribution in [0.4, 0.5) is 0 Å². The Morgan fingerprint density at radius 1 is 0.500 bits per heavy atom. The molecule has 2 heterocycles. The Hall–Kier alpha value is -2.94. The fraction of sp³-hybridized carbons (Fsp3) is 0. The van der Waals surface area contributed by atoms with E-state index in [1.807, 2.05) is 84.9 Å². The van der Waals surface area contributed by atoms with Crippen molar-refractivity contribution in [3.05, 3.63) is 95.0 Å². The summed E-state index contributed by atoms with van der Waals surface area (Å²) in [5.41, 5.74) is 5.15. The van der Waals surface area contributed by atoms with E-state index in [2.05, 4.69) is 0 Å². The Morgan fingerprint density at radius 3 is 1.29 bits per heavy atom. The molecule has 0 saturated heterocycles. The Balaban J connectivity index is 1.85. The van der Waals surface area contributed by atoms with Crippen molar-refractivity contribution < 1.29 is 0 Å². The van der Waals surface area contributed by atoms with Crippen LogP contribution in [0.3, 0.4) is 0 Å². The normalized spacial score (nSPS) is 11.2. The van der Waals surface area contributed by atoms with Gasteiger partial charge >= 0.3 is 0 Å². The van der Waals surface area contributed by atoms with Crippen LogP contribution in [0, 0.1) is 0 Å². The summed E-state index contributed by atoms with van der Waals surface area (Å²) < 4.78 is 0. The molecule has 2 nitrogen and oxygen atoms in total. The summed E-state index contributed by atoms with van der Waals surface area (Å²) >= 11 is 13.2. The predicted octanol–water partition coefficient (Wildman–Crippen LogP) is 7.42. The van der Waals surface area contributed by atoms with Crippen molar-refractivity contribution in [3.63, 3.8) is 0 Å². The molecule has 0 bridgehead atoms. The van der Waals surface area contributed by atoms with Gasteiger partial charge in [0.1, 0.15) is 0 Å². The maximum atomic E-state index is 6.61. The lowest BCUT2D eigenvalue weighted by molar-refractivity contribution is 1.36. The third kappa shape index (κ3) is 2.91. The van der Waals surface area contributed by atoms with Gasteiger partial charge in [-0.2, -0.15) is 0 Å². The Labute approximate surface area is 172 Å². The quantitative estimate of drug-likeness (QED) is 0.288. The van der Waals surface area contributed by atoms with Crippen LogP contribution in [-0.4, -0.2) is 9.97 Å². The van der Waals surface area contributed by atoms with E-state index in [0.717, 1.165) is 44.3 Å². The Morgan fingerprint density at radius 2 is 0.893 bits per heavy atom. The molecule has 0 atom stereocenters. The summed E-state index contributed by atoms with van der Waals surface area (Å²) in [7, 11) is 0. The van der Waals surface area contributed by atoms with Crippen LogP contribution >= 0.6 is 23.2 Å². The number of aromatic nitrogens is 2. The molecule has 4 heteroatoms. The number of halogens is 2. The minimum absolute atomic E-state index is 0.647. The van der Waals surface area contributed by atoms with E-state index in [1.165, 1.54) is 0 Å². The molecule has 3 aromatic carbocycles. The van der Waals surface area contributed by atoms with Crippen molar-refractivity contribution in [2.75, 3.05) is 0 Å². The second kappa shape index (κ2) is 6.90. The fourth-order valence-electron chi connectivity index (χ4n) is 3.41. The van der Waals surface area contributed by atoms with E-state index in [1.54, 1.807) is 0 Å². The van der Waals surface area contributed by atoms with Crippen LogP contribution in [-0.2, 0) is 0 Å². The summed E-state index contributed by atoms with van der Waals surface area (Å²) in [6.07, 6.45) is 0. The van der Waals surface area contributed by atoms with Gasteiger partial charge in [0.05, 0.1) is 32.5 Å². The molecule has 0 radical (unpaired) electrons. The number of nitrogens with zero attached hydrogens (tertiary/aromatic N) is 2. The first kappa shape index (κ1) is 17.2. The Bertz CT molecular complexity index is 1210. The van der Waals surface area contributed by atoms with E-state index in [4.69, 9.17) is 33.2 Å². The monoisotopic (exact) mass is 400 g/mol. The van der Waals surface area contributed by atoms with Crippen LogP contribution in [0.25, 0.3) is 44.3 Å².